The molecule has 0 amide bonds. The molecule has 1 N–H and O–H groups in total. The maximum absolute atomic E-state index is 15.1. The molecule has 2 aliphatic carbocycles. The second kappa shape index (κ2) is 13.2. The zero-order valence-corrected chi connectivity index (χ0v) is 22.5. The van der Waals surface area contributed by atoms with Gasteiger partial charge in [-0.3, -0.25) is 0 Å². The van der Waals surface area contributed by atoms with Crippen LogP contribution in [0.25, 0.3) is 0 Å². The fourth-order valence-electron chi connectivity index (χ4n) is 6.65. The van der Waals surface area contributed by atoms with Crippen LogP contribution in [0.3, 0.4) is 0 Å². The molecule has 37 heavy (non-hydrogen) atoms. The van der Waals surface area contributed by atoms with Gasteiger partial charge in [0.15, 0.2) is 23.2 Å². The summed E-state index contributed by atoms with van der Waals surface area (Å²) in [4.78, 5) is 0. The lowest BCUT2D eigenvalue weighted by atomic mass is 9.75. The van der Waals surface area contributed by atoms with Crippen LogP contribution in [0.5, 0.6) is 5.75 Å². The van der Waals surface area contributed by atoms with E-state index < -0.39 is 11.6 Å². The van der Waals surface area contributed by atoms with E-state index in [2.05, 4.69) is 6.92 Å². The third-order valence-electron chi connectivity index (χ3n) is 8.93. The molecule has 2 aliphatic rings. The van der Waals surface area contributed by atoms with E-state index >= 15 is 8.78 Å². The molecule has 2 fully saturated rings. The molecule has 2 nitrogen and oxygen atoms in total. The van der Waals surface area contributed by atoms with Gasteiger partial charge in [0.05, 0.1) is 12.7 Å². The number of aliphatic hydroxyl groups is 1. The van der Waals surface area contributed by atoms with Crippen molar-refractivity contribution in [3.05, 3.63) is 64.5 Å². The van der Waals surface area contributed by atoms with Crippen molar-refractivity contribution in [2.24, 2.45) is 11.8 Å². The highest BCUT2D eigenvalue weighted by molar-refractivity contribution is 5.32. The number of benzene rings is 2. The van der Waals surface area contributed by atoms with Gasteiger partial charge in [-0.15, -0.1) is 0 Å². The molecule has 4 rings (SSSR count). The highest BCUT2D eigenvalue weighted by Crippen LogP contribution is 2.41. The molecule has 0 bridgehead atoms. The monoisotopic (exact) mass is 516 g/mol. The van der Waals surface area contributed by atoms with Crippen LogP contribution in [-0.4, -0.2) is 17.8 Å². The zero-order valence-electron chi connectivity index (χ0n) is 22.5. The van der Waals surface area contributed by atoms with Crippen LogP contribution in [0.2, 0.25) is 0 Å². The first kappa shape index (κ1) is 28.0. The molecule has 2 aromatic rings. The second-order valence-electron chi connectivity index (χ2n) is 11.3. The molecule has 0 heterocycles. The first-order chi connectivity index (χ1) is 17.9. The summed E-state index contributed by atoms with van der Waals surface area (Å²) in [5, 5.41) is 10.3. The maximum Gasteiger partial charge on any atom is 0.165 e. The van der Waals surface area contributed by atoms with Gasteiger partial charge in [0, 0.05) is 0 Å². The Morgan fingerprint density at radius 3 is 2.22 bits per heavy atom. The number of ether oxygens (including phenoxy) is 1. The standard InChI is InChI=1S/C32H43F3O2/c1-3-5-29(36)24-14-12-23(13-15-24)27-18-16-25(31(34)32(27)35)11-8-21-6-9-22(10-7-21)26-17-19-30(37-4-2)28(33)20-26/h16-24,29,36H,3-15H2,1-2H3. The molecule has 0 spiro atoms. The smallest absolute Gasteiger partial charge is 0.165 e. The Morgan fingerprint density at radius 2 is 1.57 bits per heavy atom. The predicted octanol–water partition coefficient (Wildman–Crippen LogP) is 8.84. The summed E-state index contributed by atoms with van der Waals surface area (Å²) in [6, 6.07) is 8.90. The van der Waals surface area contributed by atoms with Crippen molar-refractivity contribution in [3.8, 4) is 5.75 Å². The van der Waals surface area contributed by atoms with E-state index in [1.54, 1.807) is 24.3 Å². The molecule has 5 heteroatoms. The van der Waals surface area contributed by atoms with E-state index in [1.807, 2.05) is 13.0 Å². The van der Waals surface area contributed by atoms with Gasteiger partial charge in [-0.25, -0.2) is 13.2 Å². The Morgan fingerprint density at radius 1 is 0.865 bits per heavy atom. The summed E-state index contributed by atoms with van der Waals surface area (Å²) in [6.07, 6.45) is 10.3. The van der Waals surface area contributed by atoms with E-state index in [0.29, 0.717) is 41.7 Å². The molecular weight excluding hydrogens is 473 g/mol. The Bertz CT molecular complexity index is 1010. The van der Waals surface area contributed by atoms with E-state index in [0.717, 1.165) is 76.2 Å². The molecule has 0 saturated heterocycles. The van der Waals surface area contributed by atoms with Crippen LogP contribution in [0.1, 0.15) is 113 Å². The van der Waals surface area contributed by atoms with Gasteiger partial charge >= 0.3 is 0 Å². The predicted molar refractivity (Wildman–Crippen MR) is 143 cm³/mol. The number of halogens is 3. The zero-order chi connectivity index (χ0) is 26.4. The van der Waals surface area contributed by atoms with E-state index in [4.69, 9.17) is 4.74 Å². The topological polar surface area (TPSA) is 29.5 Å². The van der Waals surface area contributed by atoms with Crippen molar-refractivity contribution in [3.63, 3.8) is 0 Å². The highest BCUT2D eigenvalue weighted by Gasteiger charge is 2.29. The summed E-state index contributed by atoms with van der Waals surface area (Å²) in [5.74, 6) is -0.198. The van der Waals surface area contributed by atoms with E-state index in [-0.39, 0.29) is 23.8 Å². The Balaban J connectivity index is 1.27. The van der Waals surface area contributed by atoms with Crippen molar-refractivity contribution >= 4 is 0 Å². The minimum atomic E-state index is -0.677. The molecule has 2 aromatic carbocycles. The summed E-state index contributed by atoms with van der Waals surface area (Å²) in [7, 11) is 0. The van der Waals surface area contributed by atoms with Gasteiger partial charge in [-0.1, -0.05) is 31.5 Å². The summed E-state index contributed by atoms with van der Waals surface area (Å²) in [6.45, 7) is 4.36. The number of aryl methyl sites for hydroxylation is 1. The van der Waals surface area contributed by atoms with E-state index in [9.17, 15) is 9.50 Å². The number of aliphatic hydroxyl groups excluding tert-OH is 1. The molecule has 1 atom stereocenters. The fourth-order valence-corrected chi connectivity index (χ4v) is 6.65. The van der Waals surface area contributed by atoms with Crippen LogP contribution in [0.15, 0.2) is 30.3 Å². The fraction of sp³-hybridized carbons (Fsp3) is 0.625. The number of hydrogen-bond donors (Lipinski definition) is 1. The van der Waals surface area contributed by atoms with Gasteiger partial charge < -0.3 is 9.84 Å². The van der Waals surface area contributed by atoms with Gasteiger partial charge in [0.1, 0.15) is 0 Å². The lowest BCUT2D eigenvalue weighted by Gasteiger charge is -2.32. The highest BCUT2D eigenvalue weighted by atomic mass is 19.2. The van der Waals surface area contributed by atoms with Crippen LogP contribution in [0.4, 0.5) is 13.2 Å². The van der Waals surface area contributed by atoms with Crippen LogP contribution < -0.4 is 4.74 Å². The number of hydrogen-bond acceptors (Lipinski definition) is 2. The van der Waals surface area contributed by atoms with Crippen LogP contribution in [-0.2, 0) is 6.42 Å². The minimum absolute atomic E-state index is 0.0383. The Kier molecular flexibility index (Phi) is 9.97. The van der Waals surface area contributed by atoms with Crippen molar-refractivity contribution < 1.29 is 23.0 Å². The SMILES string of the molecule is CCCC(O)C1CCC(c2ccc(CCC3CCC(c4ccc(OCC)c(F)c4)CC3)c(F)c2F)CC1. The minimum Gasteiger partial charge on any atom is -0.491 e. The lowest BCUT2D eigenvalue weighted by Crippen LogP contribution is -2.25. The van der Waals surface area contributed by atoms with Crippen molar-refractivity contribution in [2.75, 3.05) is 6.61 Å². The Labute approximate surface area is 220 Å². The number of rotatable bonds is 10. The van der Waals surface area contributed by atoms with Gasteiger partial charge in [-0.2, -0.15) is 0 Å². The molecule has 2 saturated carbocycles. The Hall–Kier alpha value is -2.01. The lowest BCUT2D eigenvalue weighted by molar-refractivity contribution is 0.0727. The molecule has 0 radical (unpaired) electrons. The van der Waals surface area contributed by atoms with Crippen molar-refractivity contribution in [1.29, 1.82) is 0 Å². The molecule has 0 aromatic heterocycles. The van der Waals surface area contributed by atoms with Crippen molar-refractivity contribution in [2.45, 2.75) is 109 Å². The average Bonchev–Trinajstić information content (AvgIpc) is 2.91. The van der Waals surface area contributed by atoms with E-state index in [1.165, 1.54) is 0 Å². The molecule has 1 unspecified atom stereocenters. The molecule has 204 valence electrons. The van der Waals surface area contributed by atoms with Crippen LogP contribution >= 0.6 is 0 Å². The average molecular weight is 517 g/mol. The third-order valence-corrected chi connectivity index (χ3v) is 8.93. The summed E-state index contributed by atoms with van der Waals surface area (Å²) >= 11 is 0. The van der Waals surface area contributed by atoms with Crippen molar-refractivity contribution in [1.82, 2.24) is 0 Å². The largest absolute Gasteiger partial charge is 0.491 e. The van der Waals surface area contributed by atoms with Gasteiger partial charge in [0.25, 0.3) is 0 Å². The third kappa shape index (κ3) is 6.90. The second-order valence-corrected chi connectivity index (χ2v) is 11.3. The first-order valence-electron chi connectivity index (χ1n) is 14.5. The molecular formula is C32H43F3O2. The molecule has 0 aliphatic heterocycles. The van der Waals surface area contributed by atoms with Gasteiger partial charge in [0.2, 0.25) is 0 Å². The maximum atomic E-state index is 15.1. The summed E-state index contributed by atoms with van der Waals surface area (Å²) in [5.41, 5.74) is 2.01. The first-order valence-corrected chi connectivity index (χ1v) is 14.5. The summed E-state index contributed by atoms with van der Waals surface area (Å²) < 4.78 is 49.7. The van der Waals surface area contributed by atoms with Gasteiger partial charge in [-0.05, 0) is 130 Å². The normalized spacial score (nSPS) is 25.1. The van der Waals surface area contributed by atoms with Crippen LogP contribution in [0, 0.1) is 29.3 Å². The quantitative estimate of drug-likeness (QED) is 0.342.